The highest BCUT2D eigenvalue weighted by molar-refractivity contribution is 5.91. The number of benzene rings is 2. The molecule has 0 atom stereocenters. The Bertz CT molecular complexity index is 1120. The lowest BCUT2D eigenvalue weighted by Gasteiger charge is -2.22. The molecule has 6 nitrogen and oxygen atoms in total. The van der Waals surface area contributed by atoms with Gasteiger partial charge in [-0.15, -0.1) is 0 Å². The Kier molecular flexibility index (Phi) is 4.32. The summed E-state index contributed by atoms with van der Waals surface area (Å²) in [6, 6.07) is 16.1. The molecule has 6 heteroatoms. The number of anilines is 1. The van der Waals surface area contributed by atoms with Gasteiger partial charge in [0.2, 0.25) is 0 Å². The molecule has 27 heavy (non-hydrogen) atoms. The van der Waals surface area contributed by atoms with E-state index in [9.17, 15) is 0 Å². The normalized spacial score (nSPS) is 11.1. The third kappa shape index (κ3) is 2.93. The van der Waals surface area contributed by atoms with Gasteiger partial charge in [-0.1, -0.05) is 24.3 Å². The van der Waals surface area contributed by atoms with E-state index in [1.807, 2.05) is 54.9 Å². The number of methoxy groups -OCH3 is 2. The second kappa shape index (κ2) is 6.79. The van der Waals surface area contributed by atoms with Crippen molar-refractivity contribution >= 4 is 22.4 Å². The first-order valence-electron chi connectivity index (χ1n) is 8.78. The van der Waals surface area contributed by atoms with Crippen molar-refractivity contribution in [2.24, 2.45) is 0 Å². The van der Waals surface area contributed by atoms with Gasteiger partial charge in [-0.2, -0.15) is 5.10 Å². The third-order valence-electron chi connectivity index (χ3n) is 4.66. The summed E-state index contributed by atoms with van der Waals surface area (Å²) in [4.78, 5) is 7.00. The first-order valence-corrected chi connectivity index (χ1v) is 8.78. The molecule has 0 aliphatic rings. The number of fused-ring (bicyclic) bond motifs is 3. The summed E-state index contributed by atoms with van der Waals surface area (Å²) >= 11 is 0. The van der Waals surface area contributed by atoms with Crippen LogP contribution in [0.25, 0.3) is 16.6 Å². The number of rotatable bonds is 5. The molecule has 0 aliphatic heterocycles. The van der Waals surface area contributed by atoms with Gasteiger partial charge in [0.1, 0.15) is 5.82 Å². The van der Waals surface area contributed by atoms with Crippen LogP contribution in [0.1, 0.15) is 11.3 Å². The van der Waals surface area contributed by atoms with E-state index >= 15 is 0 Å². The van der Waals surface area contributed by atoms with E-state index in [4.69, 9.17) is 14.5 Å². The van der Waals surface area contributed by atoms with Crippen LogP contribution >= 0.6 is 0 Å². The fraction of sp³-hybridized carbons (Fsp3) is 0.238. The maximum atomic E-state index is 5.58. The minimum atomic E-state index is 0.640. The van der Waals surface area contributed by atoms with E-state index in [0.717, 1.165) is 45.1 Å². The Morgan fingerprint density at radius 2 is 1.85 bits per heavy atom. The number of hydrogen-bond acceptors (Lipinski definition) is 5. The minimum Gasteiger partial charge on any atom is -0.493 e. The van der Waals surface area contributed by atoms with Crippen LogP contribution < -0.4 is 14.4 Å². The summed E-state index contributed by atoms with van der Waals surface area (Å²) < 4.78 is 12.9. The van der Waals surface area contributed by atoms with E-state index in [-0.39, 0.29) is 0 Å². The summed E-state index contributed by atoms with van der Waals surface area (Å²) in [7, 11) is 5.35. The second-order valence-electron chi connectivity index (χ2n) is 6.52. The second-order valence-corrected chi connectivity index (χ2v) is 6.52. The molecule has 0 saturated carbocycles. The third-order valence-corrected chi connectivity index (χ3v) is 4.66. The zero-order valence-electron chi connectivity index (χ0n) is 15.9. The Morgan fingerprint density at radius 3 is 2.63 bits per heavy atom. The van der Waals surface area contributed by atoms with Crippen LogP contribution in [-0.4, -0.2) is 35.9 Å². The molecule has 138 valence electrons. The lowest BCUT2D eigenvalue weighted by Crippen LogP contribution is -2.19. The minimum absolute atomic E-state index is 0.640. The molecule has 4 aromatic rings. The van der Waals surface area contributed by atoms with Gasteiger partial charge in [-0.05, 0) is 25.1 Å². The monoisotopic (exact) mass is 362 g/mol. The molecular weight excluding hydrogens is 340 g/mol. The first-order chi connectivity index (χ1) is 13.1. The van der Waals surface area contributed by atoms with E-state index in [1.54, 1.807) is 14.2 Å². The highest BCUT2D eigenvalue weighted by Crippen LogP contribution is 2.33. The molecule has 0 unspecified atom stereocenters. The maximum absolute atomic E-state index is 5.58. The number of aromatic nitrogens is 3. The van der Waals surface area contributed by atoms with Crippen LogP contribution in [0.4, 0.5) is 5.82 Å². The lowest BCUT2D eigenvalue weighted by atomic mass is 10.1. The van der Waals surface area contributed by atoms with E-state index in [2.05, 4.69) is 22.1 Å². The molecular formula is C21H22N4O2. The van der Waals surface area contributed by atoms with Crippen molar-refractivity contribution in [2.45, 2.75) is 13.5 Å². The summed E-state index contributed by atoms with van der Waals surface area (Å²) in [6.07, 6.45) is 0. The fourth-order valence-electron chi connectivity index (χ4n) is 3.46. The number of hydrogen-bond donors (Lipinski definition) is 0. The van der Waals surface area contributed by atoms with Crippen LogP contribution in [0.3, 0.4) is 0 Å². The molecule has 2 aromatic carbocycles. The first kappa shape index (κ1) is 17.1. The fourth-order valence-corrected chi connectivity index (χ4v) is 3.46. The van der Waals surface area contributed by atoms with Crippen molar-refractivity contribution in [1.82, 2.24) is 14.6 Å². The Labute approximate surface area is 158 Å². The van der Waals surface area contributed by atoms with E-state index in [0.29, 0.717) is 6.54 Å². The zero-order valence-corrected chi connectivity index (χ0v) is 15.9. The Balaban J connectivity index is 1.82. The highest BCUT2D eigenvalue weighted by Gasteiger charge is 2.16. The molecule has 0 spiro atoms. The van der Waals surface area contributed by atoms with Gasteiger partial charge in [0, 0.05) is 30.6 Å². The molecule has 0 saturated heterocycles. The molecule has 0 amide bonds. The molecule has 2 aromatic heterocycles. The van der Waals surface area contributed by atoms with Gasteiger partial charge in [0.05, 0.1) is 25.4 Å². The van der Waals surface area contributed by atoms with Crippen molar-refractivity contribution in [1.29, 1.82) is 0 Å². The molecule has 0 N–H and O–H groups in total. The molecule has 0 aliphatic carbocycles. The Morgan fingerprint density at radius 1 is 1.04 bits per heavy atom. The smallest absolute Gasteiger partial charge is 0.165 e. The van der Waals surface area contributed by atoms with Crippen LogP contribution in [0.5, 0.6) is 11.5 Å². The van der Waals surface area contributed by atoms with Gasteiger partial charge >= 0.3 is 0 Å². The number of nitrogens with zero attached hydrogens (tertiary/aromatic N) is 4. The standard InChI is InChI=1S/C21H22N4O2/c1-14-12-19-22-21(16-9-5-6-10-17(16)25(19)23-14)24(2)13-15-8-7-11-18(26-3)20(15)27-4/h5-12H,13H2,1-4H3. The molecule has 0 fully saturated rings. The van der Waals surface area contributed by atoms with Gasteiger partial charge in [0.25, 0.3) is 0 Å². The van der Waals surface area contributed by atoms with Crippen LogP contribution in [0.15, 0.2) is 48.5 Å². The van der Waals surface area contributed by atoms with E-state index < -0.39 is 0 Å². The summed E-state index contributed by atoms with van der Waals surface area (Å²) in [5.74, 6) is 2.38. The van der Waals surface area contributed by atoms with Gasteiger partial charge in [-0.3, -0.25) is 0 Å². The summed E-state index contributed by atoms with van der Waals surface area (Å²) in [5, 5.41) is 5.63. The number of ether oxygens (including phenoxy) is 2. The van der Waals surface area contributed by atoms with Gasteiger partial charge in [-0.25, -0.2) is 9.50 Å². The van der Waals surface area contributed by atoms with Crippen molar-refractivity contribution < 1.29 is 9.47 Å². The summed E-state index contributed by atoms with van der Waals surface area (Å²) in [6.45, 7) is 2.62. The van der Waals surface area contributed by atoms with Crippen molar-refractivity contribution in [2.75, 3.05) is 26.2 Å². The Hall–Kier alpha value is -3.28. The van der Waals surface area contributed by atoms with Crippen molar-refractivity contribution in [3.63, 3.8) is 0 Å². The van der Waals surface area contributed by atoms with Crippen LogP contribution in [0, 0.1) is 6.92 Å². The SMILES string of the molecule is COc1cccc(CN(C)c2nc3cc(C)nn3c3ccccc23)c1OC. The summed E-state index contributed by atoms with van der Waals surface area (Å²) in [5.41, 5.74) is 3.86. The number of para-hydroxylation sites is 2. The molecule has 4 rings (SSSR count). The molecule has 0 radical (unpaired) electrons. The van der Waals surface area contributed by atoms with E-state index in [1.165, 1.54) is 0 Å². The lowest BCUT2D eigenvalue weighted by molar-refractivity contribution is 0.351. The van der Waals surface area contributed by atoms with Gasteiger partial charge < -0.3 is 14.4 Å². The maximum Gasteiger partial charge on any atom is 0.165 e. The average Bonchev–Trinajstić information content (AvgIpc) is 3.07. The van der Waals surface area contributed by atoms with Crippen LogP contribution in [0.2, 0.25) is 0 Å². The van der Waals surface area contributed by atoms with Gasteiger partial charge in [0.15, 0.2) is 17.1 Å². The quantitative estimate of drug-likeness (QED) is 0.540. The number of aryl methyl sites for hydroxylation is 1. The highest BCUT2D eigenvalue weighted by atomic mass is 16.5. The topological polar surface area (TPSA) is 51.9 Å². The van der Waals surface area contributed by atoms with Crippen molar-refractivity contribution in [3.05, 3.63) is 59.8 Å². The van der Waals surface area contributed by atoms with Crippen molar-refractivity contribution in [3.8, 4) is 11.5 Å². The predicted octanol–water partition coefficient (Wildman–Crippen LogP) is 3.84. The zero-order chi connectivity index (χ0) is 19.0. The molecule has 2 heterocycles. The molecule has 0 bridgehead atoms. The largest absolute Gasteiger partial charge is 0.493 e. The predicted molar refractivity (Wildman–Crippen MR) is 107 cm³/mol. The van der Waals surface area contributed by atoms with Crippen LogP contribution in [-0.2, 0) is 6.54 Å². The average molecular weight is 362 g/mol.